The fourth-order valence-corrected chi connectivity index (χ4v) is 1.53. The van der Waals surface area contributed by atoms with Crippen LogP contribution in [0.5, 0.6) is 0 Å². The summed E-state index contributed by atoms with van der Waals surface area (Å²) >= 11 is 0. The van der Waals surface area contributed by atoms with Gasteiger partial charge in [0.25, 0.3) is 0 Å². The van der Waals surface area contributed by atoms with E-state index in [4.69, 9.17) is 0 Å². The molecule has 0 saturated carbocycles. The van der Waals surface area contributed by atoms with Gasteiger partial charge in [-0.25, -0.2) is 4.68 Å². The average molecular weight is 229 g/mol. The number of rotatable bonds is 2. The first-order valence-electron chi connectivity index (χ1n) is 5.51. The van der Waals surface area contributed by atoms with E-state index in [1.165, 1.54) is 6.20 Å². The Kier molecular flexibility index (Phi) is 2.79. The van der Waals surface area contributed by atoms with E-state index in [1.807, 2.05) is 51.1 Å². The van der Waals surface area contributed by atoms with Gasteiger partial charge in [0.1, 0.15) is 5.69 Å². The van der Waals surface area contributed by atoms with E-state index in [0.29, 0.717) is 5.69 Å². The van der Waals surface area contributed by atoms with Crippen molar-refractivity contribution in [2.75, 3.05) is 0 Å². The van der Waals surface area contributed by atoms with Gasteiger partial charge < -0.3 is 0 Å². The summed E-state index contributed by atoms with van der Waals surface area (Å²) in [5.74, 6) is 0.0337. The number of Topliss-reactive ketones (excluding diaryl/α,β-unsaturated/α-hetero) is 1. The van der Waals surface area contributed by atoms with Crippen LogP contribution >= 0.6 is 0 Å². The summed E-state index contributed by atoms with van der Waals surface area (Å²) < 4.78 is 1.58. The van der Waals surface area contributed by atoms with Crippen molar-refractivity contribution in [3.63, 3.8) is 0 Å². The number of benzene rings is 1. The molecular formula is C13H15N3O. The lowest BCUT2D eigenvalue weighted by Crippen LogP contribution is -2.23. The predicted octanol–water partition coefficient (Wildman–Crippen LogP) is 2.50. The Hall–Kier alpha value is -1.97. The number of carbonyl (C=O) groups excluding carboxylic acids is 1. The Bertz CT molecular complexity index is 523. The van der Waals surface area contributed by atoms with Crippen LogP contribution in [0.1, 0.15) is 31.3 Å². The van der Waals surface area contributed by atoms with Crippen molar-refractivity contribution < 1.29 is 4.79 Å². The molecule has 0 N–H and O–H groups in total. The molecule has 0 spiro atoms. The maximum Gasteiger partial charge on any atom is 0.188 e. The zero-order valence-corrected chi connectivity index (χ0v) is 10.2. The van der Waals surface area contributed by atoms with E-state index in [1.54, 1.807) is 4.68 Å². The predicted molar refractivity (Wildman–Crippen MR) is 65.1 cm³/mol. The molecule has 1 aromatic heterocycles. The van der Waals surface area contributed by atoms with Crippen LogP contribution in [0.3, 0.4) is 0 Å². The molecule has 1 aromatic carbocycles. The smallest absolute Gasteiger partial charge is 0.188 e. The standard InChI is InChI=1S/C13H15N3O/c1-13(2,3)12(17)11-9-14-15-16(11)10-7-5-4-6-8-10/h4-9H,1-3H3. The molecule has 4 nitrogen and oxygen atoms in total. The van der Waals surface area contributed by atoms with Crippen LogP contribution in [0.2, 0.25) is 0 Å². The molecule has 0 unspecified atom stereocenters. The Balaban J connectivity index is 2.46. The van der Waals surface area contributed by atoms with Gasteiger partial charge >= 0.3 is 0 Å². The van der Waals surface area contributed by atoms with Crippen molar-refractivity contribution >= 4 is 5.78 Å². The topological polar surface area (TPSA) is 47.8 Å². The lowest BCUT2D eigenvalue weighted by atomic mass is 9.89. The number of hydrogen-bond donors (Lipinski definition) is 0. The highest BCUT2D eigenvalue weighted by Gasteiger charge is 2.26. The number of nitrogens with zero attached hydrogens (tertiary/aromatic N) is 3. The van der Waals surface area contributed by atoms with Crippen molar-refractivity contribution in [3.8, 4) is 5.69 Å². The van der Waals surface area contributed by atoms with Gasteiger partial charge in [-0.05, 0) is 12.1 Å². The van der Waals surface area contributed by atoms with Crippen LogP contribution in [0.25, 0.3) is 5.69 Å². The number of hydrogen-bond acceptors (Lipinski definition) is 3. The molecule has 2 aromatic rings. The van der Waals surface area contributed by atoms with Gasteiger partial charge in [-0.1, -0.05) is 44.2 Å². The molecule has 0 aliphatic rings. The van der Waals surface area contributed by atoms with Gasteiger partial charge in [0.15, 0.2) is 5.78 Å². The third-order valence-electron chi connectivity index (χ3n) is 2.46. The molecule has 0 radical (unpaired) electrons. The lowest BCUT2D eigenvalue weighted by Gasteiger charge is -2.16. The molecule has 17 heavy (non-hydrogen) atoms. The molecule has 0 aliphatic carbocycles. The van der Waals surface area contributed by atoms with Gasteiger partial charge in [0.05, 0.1) is 11.9 Å². The van der Waals surface area contributed by atoms with E-state index in [2.05, 4.69) is 10.3 Å². The Morgan fingerprint density at radius 1 is 1.18 bits per heavy atom. The summed E-state index contributed by atoms with van der Waals surface area (Å²) in [6.07, 6.45) is 1.51. The molecule has 4 heteroatoms. The average Bonchev–Trinajstić information content (AvgIpc) is 2.76. The number of aromatic nitrogens is 3. The van der Waals surface area contributed by atoms with E-state index in [9.17, 15) is 4.79 Å². The van der Waals surface area contributed by atoms with Crippen LogP contribution < -0.4 is 0 Å². The highest BCUT2D eigenvalue weighted by atomic mass is 16.1. The third-order valence-corrected chi connectivity index (χ3v) is 2.46. The molecule has 0 amide bonds. The van der Waals surface area contributed by atoms with E-state index in [-0.39, 0.29) is 5.78 Å². The zero-order valence-electron chi connectivity index (χ0n) is 10.2. The molecule has 1 heterocycles. The summed E-state index contributed by atoms with van der Waals surface area (Å²) in [6, 6.07) is 9.53. The van der Waals surface area contributed by atoms with Gasteiger partial charge in [0.2, 0.25) is 0 Å². The molecule has 0 fully saturated rings. The molecular weight excluding hydrogens is 214 g/mol. The van der Waals surface area contributed by atoms with Crippen molar-refractivity contribution in [2.45, 2.75) is 20.8 Å². The molecule has 0 atom stereocenters. The second kappa shape index (κ2) is 4.13. The van der Waals surface area contributed by atoms with Crippen LogP contribution in [0.15, 0.2) is 36.5 Å². The van der Waals surface area contributed by atoms with Crippen molar-refractivity contribution in [3.05, 3.63) is 42.2 Å². The largest absolute Gasteiger partial charge is 0.292 e. The Morgan fingerprint density at radius 3 is 2.41 bits per heavy atom. The maximum atomic E-state index is 12.2. The quantitative estimate of drug-likeness (QED) is 0.743. The first-order chi connectivity index (χ1) is 8.00. The summed E-state index contributed by atoms with van der Waals surface area (Å²) in [4.78, 5) is 12.2. The van der Waals surface area contributed by atoms with Gasteiger partial charge in [-0.3, -0.25) is 4.79 Å². The second-order valence-electron chi connectivity index (χ2n) is 4.95. The second-order valence-corrected chi connectivity index (χ2v) is 4.95. The summed E-state index contributed by atoms with van der Waals surface area (Å²) in [7, 11) is 0. The van der Waals surface area contributed by atoms with E-state index in [0.717, 1.165) is 5.69 Å². The maximum absolute atomic E-state index is 12.2. The van der Waals surface area contributed by atoms with Gasteiger partial charge in [-0.15, -0.1) is 5.10 Å². The fourth-order valence-electron chi connectivity index (χ4n) is 1.53. The number of para-hydroxylation sites is 1. The van der Waals surface area contributed by atoms with Crippen LogP contribution in [0, 0.1) is 5.41 Å². The van der Waals surface area contributed by atoms with Crippen LogP contribution in [-0.4, -0.2) is 20.8 Å². The highest BCUT2D eigenvalue weighted by Crippen LogP contribution is 2.21. The first kappa shape index (κ1) is 11.5. The minimum absolute atomic E-state index is 0.0337. The zero-order chi connectivity index (χ0) is 12.5. The van der Waals surface area contributed by atoms with Crippen LogP contribution in [0.4, 0.5) is 0 Å². The molecule has 0 aliphatic heterocycles. The SMILES string of the molecule is CC(C)(C)C(=O)c1cnnn1-c1ccccc1. The monoisotopic (exact) mass is 229 g/mol. The highest BCUT2D eigenvalue weighted by molar-refractivity contribution is 5.98. The van der Waals surface area contributed by atoms with Crippen molar-refractivity contribution in [1.82, 2.24) is 15.0 Å². The summed E-state index contributed by atoms with van der Waals surface area (Å²) in [5, 5.41) is 7.79. The molecule has 88 valence electrons. The third kappa shape index (κ3) is 2.25. The van der Waals surface area contributed by atoms with E-state index >= 15 is 0 Å². The van der Waals surface area contributed by atoms with E-state index < -0.39 is 5.41 Å². The van der Waals surface area contributed by atoms with Crippen molar-refractivity contribution in [2.24, 2.45) is 5.41 Å². The normalized spacial score (nSPS) is 11.5. The van der Waals surface area contributed by atoms with Crippen LogP contribution in [-0.2, 0) is 0 Å². The van der Waals surface area contributed by atoms with Crippen molar-refractivity contribution in [1.29, 1.82) is 0 Å². The summed E-state index contributed by atoms with van der Waals surface area (Å²) in [6.45, 7) is 5.66. The lowest BCUT2D eigenvalue weighted by molar-refractivity contribution is 0.0850. The molecule has 0 bridgehead atoms. The first-order valence-corrected chi connectivity index (χ1v) is 5.51. The Morgan fingerprint density at radius 2 is 1.82 bits per heavy atom. The fraction of sp³-hybridized carbons (Fsp3) is 0.308. The number of ketones is 1. The molecule has 2 rings (SSSR count). The van der Waals surface area contributed by atoms with Gasteiger partial charge in [0, 0.05) is 5.41 Å². The Labute approximate surface area is 100 Å². The minimum Gasteiger partial charge on any atom is -0.292 e. The number of carbonyl (C=O) groups is 1. The minimum atomic E-state index is -0.436. The molecule has 0 saturated heterocycles. The van der Waals surface area contributed by atoms with Gasteiger partial charge in [-0.2, -0.15) is 0 Å². The summed E-state index contributed by atoms with van der Waals surface area (Å²) in [5.41, 5.74) is 0.926.